The third-order valence-electron chi connectivity index (χ3n) is 3.51. The zero-order valence-electron chi connectivity index (χ0n) is 12.9. The minimum Gasteiger partial charge on any atom is -0.494 e. The van der Waals surface area contributed by atoms with Crippen molar-refractivity contribution >= 4 is 12.6 Å². The van der Waals surface area contributed by atoms with Gasteiger partial charge in [-0.05, 0) is 35.9 Å². The predicted molar refractivity (Wildman–Crippen MR) is 84.2 cm³/mol. The fourth-order valence-electron chi connectivity index (χ4n) is 2.16. The second kappa shape index (κ2) is 9.04. The normalized spacial score (nSPS) is 12.5. The maximum absolute atomic E-state index is 9.10. The molecule has 0 fully saturated rings. The Labute approximate surface area is 123 Å². The summed E-state index contributed by atoms with van der Waals surface area (Å²) >= 11 is 0. The van der Waals surface area contributed by atoms with E-state index in [0.717, 1.165) is 12.3 Å². The van der Waals surface area contributed by atoms with Gasteiger partial charge in [-0.1, -0.05) is 52.2 Å². The van der Waals surface area contributed by atoms with Gasteiger partial charge in [0.1, 0.15) is 5.75 Å². The molecule has 0 amide bonds. The SMILES string of the molecule is CC(C)CCCC(C)CCOc1cccc(B(O)O)c1. The predicted octanol–water partition coefficient (Wildman–Crippen LogP) is 2.60. The zero-order chi connectivity index (χ0) is 15.0. The van der Waals surface area contributed by atoms with Crippen LogP contribution in [-0.4, -0.2) is 23.8 Å². The van der Waals surface area contributed by atoms with Gasteiger partial charge in [-0.25, -0.2) is 0 Å². The van der Waals surface area contributed by atoms with Crippen LogP contribution in [0.1, 0.15) is 46.5 Å². The average molecular weight is 278 g/mol. The standard InChI is InChI=1S/C16H27BO3/c1-13(2)6-4-7-14(3)10-11-20-16-9-5-8-15(12-16)17(18)19/h5,8-9,12-14,18-19H,4,6-7,10-11H2,1-3H3. The summed E-state index contributed by atoms with van der Waals surface area (Å²) in [5.74, 6) is 2.15. The molecule has 0 aliphatic carbocycles. The summed E-state index contributed by atoms with van der Waals surface area (Å²) in [5.41, 5.74) is 0.465. The summed E-state index contributed by atoms with van der Waals surface area (Å²) in [6.45, 7) is 7.46. The van der Waals surface area contributed by atoms with E-state index in [0.29, 0.717) is 23.7 Å². The lowest BCUT2D eigenvalue weighted by atomic mass is 9.80. The van der Waals surface area contributed by atoms with Crippen molar-refractivity contribution < 1.29 is 14.8 Å². The first kappa shape index (κ1) is 17.1. The van der Waals surface area contributed by atoms with Gasteiger partial charge < -0.3 is 14.8 Å². The summed E-state index contributed by atoms with van der Waals surface area (Å²) in [4.78, 5) is 0. The lowest BCUT2D eigenvalue weighted by molar-refractivity contribution is 0.276. The van der Waals surface area contributed by atoms with E-state index in [9.17, 15) is 0 Å². The molecular formula is C16H27BO3. The van der Waals surface area contributed by atoms with Crippen molar-refractivity contribution in [1.82, 2.24) is 0 Å². The van der Waals surface area contributed by atoms with E-state index < -0.39 is 7.12 Å². The Bertz CT molecular complexity index is 380. The molecule has 0 spiro atoms. The highest BCUT2D eigenvalue weighted by Crippen LogP contribution is 2.16. The monoisotopic (exact) mass is 278 g/mol. The molecule has 0 aliphatic heterocycles. The van der Waals surface area contributed by atoms with Crippen LogP contribution in [0.15, 0.2) is 24.3 Å². The molecule has 1 rings (SSSR count). The van der Waals surface area contributed by atoms with Crippen molar-refractivity contribution in [3.63, 3.8) is 0 Å². The quantitative estimate of drug-likeness (QED) is 0.683. The van der Waals surface area contributed by atoms with Crippen LogP contribution >= 0.6 is 0 Å². The largest absolute Gasteiger partial charge is 0.494 e. The highest BCUT2D eigenvalue weighted by atomic mass is 16.5. The summed E-state index contributed by atoms with van der Waals surface area (Å²) in [7, 11) is -1.44. The molecule has 1 atom stereocenters. The van der Waals surface area contributed by atoms with E-state index in [1.165, 1.54) is 19.3 Å². The maximum atomic E-state index is 9.10. The lowest BCUT2D eigenvalue weighted by Gasteiger charge is -2.13. The number of hydrogen-bond donors (Lipinski definition) is 2. The Morgan fingerprint density at radius 1 is 1.10 bits per heavy atom. The van der Waals surface area contributed by atoms with Crippen molar-refractivity contribution in [1.29, 1.82) is 0 Å². The van der Waals surface area contributed by atoms with Gasteiger partial charge in [0.15, 0.2) is 0 Å². The number of benzene rings is 1. The van der Waals surface area contributed by atoms with Crippen molar-refractivity contribution in [2.24, 2.45) is 11.8 Å². The van der Waals surface area contributed by atoms with Crippen LogP contribution in [0, 0.1) is 11.8 Å². The van der Waals surface area contributed by atoms with E-state index >= 15 is 0 Å². The molecule has 2 N–H and O–H groups in total. The minimum atomic E-state index is -1.44. The molecule has 0 saturated carbocycles. The average Bonchev–Trinajstić information content (AvgIpc) is 2.38. The highest BCUT2D eigenvalue weighted by Gasteiger charge is 2.11. The van der Waals surface area contributed by atoms with Crippen molar-refractivity contribution in [2.75, 3.05) is 6.61 Å². The second-order valence-electron chi connectivity index (χ2n) is 6.01. The fourth-order valence-corrected chi connectivity index (χ4v) is 2.16. The van der Waals surface area contributed by atoms with Gasteiger partial charge in [0.05, 0.1) is 6.61 Å². The molecule has 0 aromatic heterocycles. The summed E-state index contributed by atoms with van der Waals surface area (Å²) in [5, 5.41) is 18.2. The molecule has 4 heteroatoms. The van der Waals surface area contributed by atoms with E-state index in [1.807, 2.05) is 6.07 Å². The first-order valence-electron chi connectivity index (χ1n) is 7.58. The summed E-state index contributed by atoms with van der Waals surface area (Å²) in [6, 6.07) is 6.96. The van der Waals surface area contributed by atoms with Crippen LogP contribution in [0.3, 0.4) is 0 Å². The minimum absolute atomic E-state index is 0.465. The molecule has 0 bridgehead atoms. The Kier molecular flexibility index (Phi) is 7.71. The number of ether oxygens (including phenoxy) is 1. The van der Waals surface area contributed by atoms with Gasteiger partial charge in [0, 0.05) is 0 Å². The van der Waals surface area contributed by atoms with Crippen LogP contribution in [0.5, 0.6) is 5.75 Å². The molecule has 0 aliphatic rings. The molecule has 1 aromatic rings. The molecule has 0 saturated heterocycles. The molecule has 1 aromatic carbocycles. The first-order valence-corrected chi connectivity index (χ1v) is 7.58. The Balaban J connectivity index is 2.24. The van der Waals surface area contributed by atoms with Gasteiger partial charge in [-0.2, -0.15) is 0 Å². The Hall–Kier alpha value is -0.995. The molecule has 0 radical (unpaired) electrons. The van der Waals surface area contributed by atoms with Crippen LogP contribution < -0.4 is 10.2 Å². The second-order valence-corrected chi connectivity index (χ2v) is 6.01. The topological polar surface area (TPSA) is 49.7 Å². The number of hydrogen-bond acceptors (Lipinski definition) is 3. The third kappa shape index (κ3) is 6.97. The van der Waals surface area contributed by atoms with Gasteiger partial charge in [-0.3, -0.25) is 0 Å². The fraction of sp³-hybridized carbons (Fsp3) is 0.625. The highest BCUT2D eigenvalue weighted by molar-refractivity contribution is 6.58. The van der Waals surface area contributed by atoms with Gasteiger partial charge in [-0.15, -0.1) is 0 Å². The molecule has 20 heavy (non-hydrogen) atoms. The number of rotatable bonds is 9. The smallest absolute Gasteiger partial charge is 0.488 e. The van der Waals surface area contributed by atoms with Crippen LogP contribution in [0.2, 0.25) is 0 Å². The van der Waals surface area contributed by atoms with Gasteiger partial charge in [0.2, 0.25) is 0 Å². The van der Waals surface area contributed by atoms with Crippen molar-refractivity contribution in [3.8, 4) is 5.75 Å². The summed E-state index contributed by atoms with van der Waals surface area (Å²) in [6.07, 6.45) is 4.85. The zero-order valence-corrected chi connectivity index (χ0v) is 12.9. The molecule has 0 heterocycles. The lowest BCUT2D eigenvalue weighted by Crippen LogP contribution is -2.29. The van der Waals surface area contributed by atoms with E-state index in [1.54, 1.807) is 18.2 Å². The summed E-state index contributed by atoms with van der Waals surface area (Å²) < 4.78 is 5.67. The van der Waals surface area contributed by atoms with Crippen molar-refractivity contribution in [3.05, 3.63) is 24.3 Å². The molecular weight excluding hydrogens is 251 g/mol. The van der Waals surface area contributed by atoms with Gasteiger partial charge >= 0.3 is 7.12 Å². The van der Waals surface area contributed by atoms with E-state index in [4.69, 9.17) is 14.8 Å². The first-order chi connectivity index (χ1) is 9.49. The van der Waals surface area contributed by atoms with Gasteiger partial charge in [0.25, 0.3) is 0 Å². The third-order valence-corrected chi connectivity index (χ3v) is 3.51. The maximum Gasteiger partial charge on any atom is 0.488 e. The van der Waals surface area contributed by atoms with Crippen LogP contribution in [0.4, 0.5) is 0 Å². The van der Waals surface area contributed by atoms with E-state index in [2.05, 4.69) is 20.8 Å². The molecule has 112 valence electrons. The molecule has 1 unspecified atom stereocenters. The van der Waals surface area contributed by atoms with Crippen LogP contribution in [-0.2, 0) is 0 Å². The Morgan fingerprint density at radius 3 is 2.50 bits per heavy atom. The van der Waals surface area contributed by atoms with Crippen molar-refractivity contribution in [2.45, 2.75) is 46.5 Å². The Morgan fingerprint density at radius 2 is 1.85 bits per heavy atom. The van der Waals surface area contributed by atoms with Crippen LogP contribution in [0.25, 0.3) is 0 Å². The molecule has 3 nitrogen and oxygen atoms in total. The van der Waals surface area contributed by atoms with E-state index in [-0.39, 0.29) is 0 Å².